The van der Waals surface area contributed by atoms with E-state index in [0.717, 1.165) is 10.2 Å². The van der Waals surface area contributed by atoms with Gasteiger partial charge in [-0.25, -0.2) is 9.37 Å². The highest BCUT2D eigenvalue weighted by Gasteiger charge is 2.16. The zero-order valence-electron chi connectivity index (χ0n) is 15.0. The average Bonchev–Trinajstić information content (AvgIpc) is 2.70. The van der Waals surface area contributed by atoms with Crippen molar-refractivity contribution in [2.45, 2.75) is 6.92 Å². The van der Waals surface area contributed by atoms with Gasteiger partial charge in [-0.1, -0.05) is 35.9 Å². The van der Waals surface area contributed by atoms with Crippen molar-refractivity contribution in [1.29, 1.82) is 0 Å². The third-order valence-corrected chi connectivity index (χ3v) is 4.37. The molecular weight excluding hydrogens is 357 g/mol. The van der Waals surface area contributed by atoms with E-state index in [-0.39, 0.29) is 5.56 Å². The van der Waals surface area contributed by atoms with Gasteiger partial charge in [0.15, 0.2) is 5.82 Å². The van der Waals surface area contributed by atoms with Gasteiger partial charge in [-0.2, -0.15) is 4.68 Å². The normalized spacial score (nSPS) is 10.8. The number of hydrogen-bond donors (Lipinski definition) is 1. The van der Waals surface area contributed by atoms with E-state index in [1.54, 1.807) is 24.3 Å². The molecule has 0 unspecified atom stereocenters. The summed E-state index contributed by atoms with van der Waals surface area (Å²) in [6, 6.07) is 19.6. The van der Waals surface area contributed by atoms with Gasteiger partial charge in [-0.05, 0) is 49.4 Å². The first-order chi connectivity index (χ1) is 13.5. The van der Waals surface area contributed by atoms with Crippen LogP contribution in [-0.2, 0) is 0 Å². The largest absolute Gasteiger partial charge is 0.280 e. The number of carbonyl (C=O) groups excluding carboxylic acids is 1. The van der Waals surface area contributed by atoms with E-state index in [2.05, 4.69) is 10.4 Å². The van der Waals surface area contributed by atoms with E-state index in [9.17, 15) is 14.0 Å². The molecule has 1 amide bonds. The summed E-state index contributed by atoms with van der Waals surface area (Å²) < 4.78 is 14.3. The fraction of sp³-hybridized carbons (Fsp3) is 0.0455. The Morgan fingerprint density at radius 3 is 2.50 bits per heavy atom. The molecule has 4 aromatic rings. The number of aromatic nitrogens is 2. The van der Waals surface area contributed by atoms with Crippen LogP contribution in [0, 0.1) is 12.7 Å². The summed E-state index contributed by atoms with van der Waals surface area (Å²) in [4.78, 5) is 30.3. The summed E-state index contributed by atoms with van der Waals surface area (Å²) in [7, 11) is 0. The molecule has 0 fully saturated rings. The van der Waals surface area contributed by atoms with Crippen molar-refractivity contribution in [2.24, 2.45) is 0 Å². The molecule has 1 aromatic heterocycles. The fourth-order valence-corrected chi connectivity index (χ4v) is 2.98. The molecule has 6 heteroatoms. The van der Waals surface area contributed by atoms with Crippen molar-refractivity contribution >= 4 is 16.8 Å². The molecule has 0 bridgehead atoms. The van der Waals surface area contributed by atoms with E-state index < -0.39 is 17.3 Å². The molecule has 0 atom stereocenters. The van der Waals surface area contributed by atoms with Crippen LogP contribution in [-0.4, -0.2) is 15.6 Å². The molecule has 0 radical (unpaired) electrons. The third-order valence-electron chi connectivity index (χ3n) is 4.37. The van der Waals surface area contributed by atoms with Gasteiger partial charge in [-0.3, -0.25) is 15.0 Å². The monoisotopic (exact) mass is 373 g/mol. The molecule has 5 nitrogen and oxygen atoms in total. The first-order valence-corrected chi connectivity index (χ1v) is 8.69. The average molecular weight is 373 g/mol. The van der Waals surface area contributed by atoms with Crippen LogP contribution in [0.3, 0.4) is 0 Å². The Morgan fingerprint density at radius 1 is 1.00 bits per heavy atom. The van der Waals surface area contributed by atoms with Crippen molar-refractivity contribution in [2.75, 3.05) is 5.43 Å². The molecule has 1 N–H and O–H groups in total. The Bertz CT molecular complexity index is 1250. The predicted octanol–water partition coefficient (Wildman–Crippen LogP) is 3.89. The Morgan fingerprint density at radius 2 is 1.75 bits per heavy atom. The Kier molecular flexibility index (Phi) is 4.45. The molecular formula is C22H16FN3O2. The zero-order chi connectivity index (χ0) is 19.7. The molecule has 3 aromatic carbocycles. The van der Waals surface area contributed by atoms with E-state index >= 15 is 0 Å². The minimum absolute atomic E-state index is 0.233. The quantitative estimate of drug-likeness (QED) is 0.592. The second kappa shape index (κ2) is 7.08. The minimum atomic E-state index is -0.534. The predicted molar refractivity (Wildman–Crippen MR) is 106 cm³/mol. The number of amides is 1. The molecule has 4 rings (SSSR count). The topological polar surface area (TPSA) is 64.0 Å². The van der Waals surface area contributed by atoms with E-state index in [1.165, 1.54) is 24.3 Å². The second-order valence-corrected chi connectivity index (χ2v) is 6.41. The van der Waals surface area contributed by atoms with Gasteiger partial charge < -0.3 is 0 Å². The van der Waals surface area contributed by atoms with Gasteiger partial charge in [0, 0.05) is 11.1 Å². The number of fused-ring (bicyclic) bond motifs is 1. The lowest BCUT2D eigenvalue weighted by molar-refractivity contribution is 0.101. The van der Waals surface area contributed by atoms with Crippen LogP contribution in [0.25, 0.3) is 22.3 Å². The van der Waals surface area contributed by atoms with Crippen molar-refractivity contribution in [3.8, 4) is 11.4 Å². The first-order valence-electron chi connectivity index (χ1n) is 8.69. The van der Waals surface area contributed by atoms with Gasteiger partial charge in [0.1, 0.15) is 5.82 Å². The number of rotatable bonds is 3. The van der Waals surface area contributed by atoms with Crippen LogP contribution < -0.4 is 11.0 Å². The number of nitrogens with one attached hydrogen (secondary N) is 1. The zero-order valence-corrected chi connectivity index (χ0v) is 15.0. The number of benzene rings is 3. The minimum Gasteiger partial charge on any atom is -0.267 e. The van der Waals surface area contributed by atoms with E-state index in [0.29, 0.717) is 22.3 Å². The summed E-state index contributed by atoms with van der Waals surface area (Å²) in [6.07, 6.45) is 0. The maximum absolute atomic E-state index is 13.1. The van der Waals surface area contributed by atoms with Crippen LogP contribution in [0.1, 0.15) is 15.9 Å². The van der Waals surface area contributed by atoms with Crippen LogP contribution in [0.5, 0.6) is 0 Å². The number of aryl methyl sites for hydroxylation is 1. The van der Waals surface area contributed by atoms with Crippen LogP contribution in [0.2, 0.25) is 0 Å². The van der Waals surface area contributed by atoms with Crippen molar-refractivity contribution in [1.82, 2.24) is 9.66 Å². The summed E-state index contributed by atoms with van der Waals surface area (Å²) in [6.45, 7) is 1.93. The van der Waals surface area contributed by atoms with Crippen molar-refractivity contribution < 1.29 is 9.18 Å². The van der Waals surface area contributed by atoms with E-state index in [1.807, 2.05) is 31.2 Å². The Hall–Kier alpha value is -3.80. The Labute approximate surface area is 160 Å². The fourth-order valence-electron chi connectivity index (χ4n) is 2.98. The molecule has 138 valence electrons. The SMILES string of the molecule is Cc1cccc(-c2nc3ccccc3c(=O)n2NC(=O)c2ccc(F)cc2)c1. The second-order valence-electron chi connectivity index (χ2n) is 6.41. The lowest BCUT2D eigenvalue weighted by atomic mass is 10.1. The standard InChI is InChI=1S/C22H16FN3O2/c1-14-5-4-6-16(13-14)20-24-19-8-3-2-7-18(19)22(28)26(20)25-21(27)15-9-11-17(23)12-10-15/h2-13H,1H3,(H,25,27). The van der Waals surface area contributed by atoms with Gasteiger partial charge in [-0.15, -0.1) is 0 Å². The number of nitrogens with zero attached hydrogens (tertiary/aromatic N) is 2. The lowest BCUT2D eigenvalue weighted by Gasteiger charge is -2.15. The summed E-state index contributed by atoms with van der Waals surface area (Å²) in [5.41, 5.74) is 4.68. The molecule has 0 saturated carbocycles. The maximum Gasteiger partial charge on any atom is 0.280 e. The first kappa shape index (κ1) is 17.6. The maximum atomic E-state index is 13.1. The smallest absolute Gasteiger partial charge is 0.267 e. The van der Waals surface area contributed by atoms with Gasteiger partial charge >= 0.3 is 0 Å². The number of hydrogen-bond acceptors (Lipinski definition) is 3. The molecule has 1 heterocycles. The highest BCUT2D eigenvalue weighted by Crippen LogP contribution is 2.19. The Balaban J connectivity index is 1.89. The van der Waals surface area contributed by atoms with Crippen LogP contribution >= 0.6 is 0 Å². The molecule has 28 heavy (non-hydrogen) atoms. The summed E-state index contributed by atoms with van der Waals surface area (Å²) >= 11 is 0. The van der Waals surface area contributed by atoms with Crippen molar-refractivity contribution in [3.05, 3.63) is 100 Å². The lowest BCUT2D eigenvalue weighted by Crippen LogP contribution is -2.35. The molecule has 0 aliphatic rings. The highest BCUT2D eigenvalue weighted by molar-refractivity contribution is 6.00. The third kappa shape index (κ3) is 3.27. The summed E-state index contributed by atoms with van der Waals surface area (Å²) in [5, 5.41) is 0.387. The van der Waals surface area contributed by atoms with E-state index in [4.69, 9.17) is 0 Å². The number of halogens is 1. The molecule has 0 spiro atoms. The van der Waals surface area contributed by atoms with Gasteiger partial charge in [0.25, 0.3) is 11.5 Å². The highest BCUT2D eigenvalue weighted by atomic mass is 19.1. The number of para-hydroxylation sites is 1. The molecule has 0 saturated heterocycles. The molecule has 0 aliphatic heterocycles. The number of carbonyl (C=O) groups is 1. The van der Waals surface area contributed by atoms with Crippen LogP contribution in [0.15, 0.2) is 77.6 Å². The van der Waals surface area contributed by atoms with Crippen LogP contribution in [0.4, 0.5) is 4.39 Å². The molecule has 0 aliphatic carbocycles. The summed E-state index contributed by atoms with van der Waals surface area (Å²) in [5.74, 6) is -0.655. The van der Waals surface area contributed by atoms with Gasteiger partial charge in [0.05, 0.1) is 10.9 Å². The van der Waals surface area contributed by atoms with Gasteiger partial charge in [0.2, 0.25) is 0 Å². The van der Waals surface area contributed by atoms with Crippen molar-refractivity contribution in [3.63, 3.8) is 0 Å².